The van der Waals surface area contributed by atoms with Gasteiger partial charge in [-0.3, -0.25) is 4.79 Å². The van der Waals surface area contributed by atoms with Gasteiger partial charge in [0.05, 0.1) is 19.8 Å². The standard InChI is InChI=1S/C14H19FN2O2/c1-11(12-2-4-13(15)5-3-12)16-10-14(18)17-6-8-19-9-7-17/h2-5,11,16H,6-10H2,1H3/t11-/m0/s1. The molecule has 0 aromatic heterocycles. The Bertz CT molecular complexity index is 416. The Labute approximate surface area is 112 Å². The lowest BCUT2D eigenvalue weighted by Crippen LogP contribution is -2.45. The topological polar surface area (TPSA) is 41.6 Å². The van der Waals surface area contributed by atoms with Crippen molar-refractivity contribution >= 4 is 5.91 Å². The number of hydrogen-bond donors (Lipinski definition) is 1. The predicted molar refractivity (Wildman–Crippen MR) is 70.2 cm³/mol. The first-order valence-electron chi connectivity index (χ1n) is 6.51. The van der Waals surface area contributed by atoms with Gasteiger partial charge in [0.25, 0.3) is 0 Å². The molecule has 5 heteroatoms. The van der Waals surface area contributed by atoms with Gasteiger partial charge >= 0.3 is 0 Å². The van der Waals surface area contributed by atoms with Crippen LogP contribution in [-0.4, -0.2) is 43.7 Å². The Morgan fingerprint density at radius 3 is 2.63 bits per heavy atom. The van der Waals surface area contributed by atoms with Crippen molar-refractivity contribution < 1.29 is 13.9 Å². The first-order chi connectivity index (χ1) is 9.16. The van der Waals surface area contributed by atoms with E-state index in [0.717, 1.165) is 5.56 Å². The summed E-state index contributed by atoms with van der Waals surface area (Å²) < 4.78 is 18.0. The molecule has 1 aromatic carbocycles. The molecule has 1 saturated heterocycles. The second kappa shape index (κ2) is 6.63. The number of benzene rings is 1. The maximum atomic E-state index is 12.8. The molecule has 1 aromatic rings. The Hall–Kier alpha value is -1.46. The minimum atomic E-state index is -0.250. The summed E-state index contributed by atoms with van der Waals surface area (Å²) in [6.45, 7) is 4.79. The van der Waals surface area contributed by atoms with Gasteiger partial charge in [-0.25, -0.2) is 4.39 Å². The number of ether oxygens (including phenoxy) is 1. The summed E-state index contributed by atoms with van der Waals surface area (Å²) in [7, 11) is 0. The van der Waals surface area contributed by atoms with E-state index >= 15 is 0 Å². The van der Waals surface area contributed by atoms with E-state index in [1.807, 2.05) is 6.92 Å². The van der Waals surface area contributed by atoms with Crippen LogP contribution in [-0.2, 0) is 9.53 Å². The molecule has 0 radical (unpaired) electrons. The molecule has 0 spiro atoms. The van der Waals surface area contributed by atoms with Crippen LogP contribution < -0.4 is 5.32 Å². The Morgan fingerprint density at radius 1 is 1.37 bits per heavy atom. The molecule has 2 rings (SSSR count). The van der Waals surface area contributed by atoms with E-state index in [2.05, 4.69) is 5.32 Å². The Morgan fingerprint density at radius 2 is 2.00 bits per heavy atom. The van der Waals surface area contributed by atoms with Gasteiger partial charge in [-0.2, -0.15) is 0 Å². The highest BCUT2D eigenvalue weighted by molar-refractivity contribution is 5.78. The molecule has 4 nitrogen and oxygen atoms in total. The molecule has 1 N–H and O–H groups in total. The van der Waals surface area contributed by atoms with Gasteiger partial charge in [-0.05, 0) is 24.6 Å². The largest absolute Gasteiger partial charge is 0.378 e. The molecule has 104 valence electrons. The minimum absolute atomic E-state index is 0.0191. The first kappa shape index (κ1) is 14.0. The van der Waals surface area contributed by atoms with E-state index in [1.165, 1.54) is 12.1 Å². The molecule has 19 heavy (non-hydrogen) atoms. The molecule has 1 amide bonds. The van der Waals surface area contributed by atoms with Crippen LogP contribution >= 0.6 is 0 Å². The van der Waals surface area contributed by atoms with Crippen molar-refractivity contribution in [1.82, 2.24) is 10.2 Å². The van der Waals surface area contributed by atoms with E-state index in [1.54, 1.807) is 17.0 Å². The van der Waals surface area contributed by atoms with E-state index < -0.39 is 0 Å². The number of rotatable bonds is 4. The number of nitrogens with one attached hydrogen (secondary N) is 1. The third-order valence-corrected chi connectivity index (χ3v) is 3.29. The SMILES string of the molecule is C[C@H](NCC(=O)N1CCOCC1)c1ccc(F)cc1. The molecule has 1 aliphatic heterocycles. The number of amides is 1. The van der Waals surface area contributed by atoms with Crippen LogP contribution in [0.25, 0.3) is 0 Å². The normalized spacial score (nSPS) is 17.3. The zero-order valence-electron chi connectivity index (χ0n) is 11.1. The summed E-state index contributed by atoms with van der Waals surface area (Å²) in [6.07, 6.45) is 0. The van der Waals surface area contributed by atoms with Crippen molar-refractivity contribution in [3.05, 3.63) is 35.6 Å². The summed E-state index contributed by atoms with van der Waals surface area (Å²) in [5, 5.41) is 3.16. The number of hydrogen-bond acceptors (Lipinski definition) is 3. The monoisotopic (exact) mass is 266 g/mol. The smallest absolute Gasteiger partial charge is 0.236 e. The van der Waals surface area contributed by atoms with E-state index in [-0.39, 0.29) is 17.8 Å². The lowest BCUT2D eigenvalue weighted by Gasteiger charge is -2.27. The molecule has 1 heterocycles. The summed E-state index contributed by atoms with van der Waals surface area (Å²) >= 11 is 0. The summed E-state index contributed by atoms with van der Waals surface area (Å²) in [5.41, 5.74) is 0.969. The first-order valence-corrected chi connectivity index (χ1v) is 6.51. The lowest BCUT2D eigenvalue weighted by molar-refractivity contribution is -0.134. The fraction of sp³-hybridized carbons (Fsp3) is 0.500. The average molecular weight is 266 g/mol. The van der Waals surface area contributed by atoms with Crippen molar-refractivity contribution in [3.8, 4) is 0 Å². The van der Waals surface area contributed by atoms with Crippen LogP contribution in [0.4, 0.5) is 4.39 Å². The van der Waals surface area contributed by atoms with Crippen molar-refractivity contribution in [2.75, 3.05) is 32.8 Å². The molecule has 1 aliphatic rings. The van der Waals surface area contributed by atoms with Gasteiger partial charge in [0.1, 0.15) is 5.82 Å². The van der Waals surface area contributed by atoms with Crippen LogP contribution in [0.2, 0.25) is 0 Å². The number of morpholine rings is 1. The zero-order chi connectivity index (χ0) is 13.7. The van der Waals surface area contributed by atoms with Crippen molar-refractivity contribution in [2.24, 2.45) is 0 Å². The number of carbonyl (C=O) groups excluding carboxylic acids is 1. The van der Waals surface area contributed by atoms with Gasteiger partial charge in [0, 0.05) is 19.1 Å². The lowest BCUT2D eigenvalue weighted by atomic mass is 10.1. The molecular formula is C14H19FN2O2. The molecular weight excluding hydrogens is 247 g/mol. The van der Waals surface area contributed by atoms with Crippen LogP contribution in [0.15, 0.2) is 24.3 Å². The quantitative estimate of drug-likeness (QED) is 0.894. The Balaban J connectivity index is 1.80. The van der Waals surface area contributed by atoms with Crippen LogP contribution in [0.3, 0.4) is 0 Å². The fourth-order valence-corrected chi connectivity index (χ4v) is 2.03. The van der Waals surface area contributed by atoms with Crippen LogP contribution in [0.5, 0.6) is 0 Å². The summed E-state index contributed by atoms with van der Waals surface area (Å²) in [4.78, 5) is 13.7. The number of halogens is 1. The third-order valence-electron chi connectivity index (χ3n) is 3.29. The summed E-state index contributed by atoms with van der Waals surface area (Å²) in [6, 6.07) is 6.33. The fourth-order valence-electron chi connectivity index (χ4n) is 2.03. The van der Waals surface area contributed by atoms with E-state index in [4.69, 9.17) is 4.74 Å². The van der Waals surface area contributed by atoms with Crippen LogP contribution in [0, 0.1) is 5.82 Å². The van der Waals surface area contributed by atoms with Crippen LogP contribution in [0.1, 0.15) is 18.5 Å². The molecule has 0 aliphatic carbocycles. The summed E-state index contributed by atoms with van der Waals surface area (Å²) in [5.74, 6) is -0.169. The van der Waals surface area contributed by atoms with Gasteiger partial charge < -0.3 is 15.0 Å². The highest BCUT2D eigenvalue weighted by Gasteiger charge is 2.17. The average Bonchev–Trinajstić information content (AvgIpc) is 2.46. The maximum Gasteiger partial charge on any atom is 0.236 e. The Kier molecular flexibility index (Phi) is 4.87. The minimum Gasteiger partial charge on any atom is -0.378 e. The van der Waals surface area contributed by atoms with Gasteiger partial charge in [-0.1, -0.05) is 12.1 Å². The van der Waals surface area contributed by atoms with E-state index in [9.17, 15) is 9.18 Å². The second-order valence-corrected chi connectivity index (χ2v) is 4.65. The molecule has 1 fully saturated rings. The second-order valence-electron chi connectivity index (χ2n) is 4.65. The highest BCUT2D eigenvalue weighted by Crippen LogP contribution is 2.12. The maximum absolute atomic E-state index is 12.8. The predicted octanol–water partition coefficient (Wildman–Crippen LogP) is 1.34. The number of carbonyl (C=O) groups is 1. The third kappa shape index (κ3) is 4.01. The van der Waals surface area contributed by atoms with Crippen molar-refractivity contribution in [2.45, 2.75) is 13.0 Å². The molecule has 0 unspecified atom stereocenters. The van der Waals surface area contributed by atoms with Crippen molar-refractivity contribution in [3.63, 3.8) is 0 Å². The van der Waals surface area contributed by atoms with Gasteiger partial charge in [0.2, 0.25) is 5.91 Å². The molecule has 1 atom stereocenters. The molecule has 0 saturated carbocycles. The van der Waals surface area contributed by atoms with Gasteiger partial charge in [0.15, 0.2) is 0 Å². The highest BCUT2D eigenvalue weighted by atomic mass is 19.1. The van der Waals surface area contributed by atoms with Gasteiger partial charge in [-0.15, -0.1) is 0 Å². The molecule has 0 bridgehead atoms. The zero-order valence-corrected chi connectivity index (χ0v) is 11.1. The van der Waals surface area contributed by atoms with E-state index in [0.29, 0.717) is 32.8 Å². The number of nitrogens with zero attached hydrogens (tertiary/aromatic N) is 1. The van der Waals surface area contributed by atoms with Crippen molar-refractivity contribution in [1.29, 1.82) is 0 Å².